The van der Waals surface area contributed by atoms with Gasteiger partial charge in [0, 0.05) is 22.4 Å². The van der Waals surface area contributed by atoms with Gasteiger partial charge in [-0.05, 0) is 25.5 Å². The maximum absolute atomic E-state index is 10.4. The third kappa shape index (κ3) is 1.71. The molecule has 18 heavy (non-hydrogen) atoms. The quantitative estimate of drug-likeness (QED) is 0.852. The molecule has 1 atom stereocenters. The molecule has 2 aromatic rings. The standard InChI is InChI=1S/C15H17NO2/c1-18-14-9-12(13-7-4-8-16-13)15(17)11-6-3-2-5-10(11)14/h2-3,5-6,9,13,16-17H,4,7-8H2,1H3. The predicted octanol–water partition coefficient (Wildman–Crippen LogP) is 2.98. The van der Waals surface area contributed by atoms with Crippen LogP contribution >= 0.6 is 0 Å². The van der Waals surface area contributed by atoms with Gasteiger partial charge in [-0.3, -0.25) is 0 Å². The van der Waals surface area contributed by atoms with E-state index in [0.717, 1.165) is 41.5 Å². The Morgan fingerprint density at radius 2 is 2.06 bits per heavy atom. The molecule has 1 fully saturated rings. The second-order valence-electron chi connectivity index (χ2n) is 4.71. The molecule has 1 saturated heterocycles. The molecule has 0 amide bonds. The van der Waals surface area contributed by atoms with Crippen molar-refractivity contribution in [1.82, 2.24) is 5.32 Å². The monoisotopic (exact) mass is 243 g/mol. The molecule has 3 heteroatoms. The van der Waals surface area contributed by atoms with E-state index >= 15 is 0 Å². The summed E-state index contributed by atoms with van der Waals surface area (Å²) in [6.07, 6.45) is 2.22. The van der Waals surface area contributed by atoms with Gasteiger partial charge in [0.1, 0.15) is 11.5 Å². The molecule has 1 heterocycles. The highest BCUT2D eigenvalue weighted by molar-refractivity contribution is 5.94. The predicted molar refractivity (Wildman–Crippen MR) is 72.1 cm³/mol. The molecule has 1 aliphatic rings. The molecular weight excluding hydrogens is 226 g/mol. The van der Waals surface area contributed by atoms with Crippen LogP contribution in [0.3, 0.4) is 0 Å². The lowest BCUT2D eigenvalue weighted by Crippen LogP contribution is -2.13. The number of rotatable bonds is 2. The molecule has 0 saturated carbocycles. The normalized spacial score (nSPS) is 19.3. The summed E-state index contributed by atoms with van der Waals surface area (Å²) in [5.41, 5.74) is 0.947. The number of phenols is 1. The summed E-state index contributed by atoms with van der Waals surface area (Å²) < 4.78 is 5.44. The summed E-state index contributed by atoms with van der Waals surface area (Å²) in [7, 11) is 1.67. The van der Waals surface area contributed by atoms with E-state index in [0.29, 0.717) is 5.75 Å². The Morgan fingerprint density at radius 3 is 2.72 bits per heavy atom. The van der Waals surface area contributed by atoms with Crippen molar-refractivity contribution in [2.45, 2.75) is 18.9 Å². The highest BCUT2D eigenvalue weighted by atomic mass is 16.5. The van der Waals surface area contributed by atoms with Gasteiger partial charge >= 0.3 is 0 Å². The Kier molecular flexibility index (Phi) is 2.84. The number of hydrogen-bond donors (Lipinski definition) is 2. The number of nitrogens with one attached hydrogen (secondary N) is 1. The van der Waals surface area contributed by atoms with Crippen LogP contribution in [0.4, 0.5) is 0 Å². The summed E-state index contributed by atoms with van der Waals surface area (Å²) in [5.74, 6) is 1.21. The van der Waals surface area contributed by atoms with E-state index in [9.17, 15) is 5.11 Å². The van der Waals surface area contributed by atoms with Crippen molar-refractivity contribution in [3.63, 3.8) is 0 Å². The molecule has 3 rings (SSSR count). The van der Waals surface area contributed by atoms with Crippen LogP contribution < -0.4 is 10.1 Å². The Balaban J connectivity index is 2.23. The van der Waals surface area contributed by atoms with E-state index in [1.54, 1.807) is 7.11 Å². The zero-order valence-electron chi connectivity index (χ0n) is 10.4. The minimum Gasteiger partial charge on any atom is -0.507 e. The second kappa shape index (κ2) is 4.50. The van der Waals surface area contributed by atoms with Crippen molar-refractivity contribution in [3.8, 4) is 11.5 Å². The van der Waals surface area contributed by atoms with Crippen molar-refractivity contribution in [2.24, 2.45) is 0 Å². The van der Waals surface area contributed by atoms with Gasteiger partial charge in [0.25, 0.3) is 0 Å². The van der Waals surface area contributed by atoms with Gasteiger partial charge in [0.2, 0.25) is 0 Å². The van der Waals surface area contributed by atoms with Gasteiger partial charge in [-0.15, -0.1) is 0 Å². The van der Waals surface area contributed by atoms with E-state index in [1.165, 1.54) is 0 Å². The SMILES string of the molecule is COc1cc(C2CCCN2)c(O)c2ccccc12. The van der Waals surface area contributed by atoms with Crippen LogP contribution in [0.2, 0.25) is 0 Å². The van der Waals surface area contributed by atoms with Crippen LogP contribution in [0.15, 0.2) is 30.3 Å². The minimum absolute atomic E-state index is 0.239. The first-order valence-corrected chi connectivity index (χ1v) is 6.33. The summed E-state index contributed by atoms with van der Waals surface area (Å²) in [5, 5.41) is 15.7. The number of hydrogen-bond acceptors (Lipinski definition) is 3. The van der Waals surface area contributed by atoms with Gasteiger partial charge in [-0.25, -0.2) is 0 Å². The van der Waals surface area contributed by atoms with Gasteiger partial charge < -0.3 is 15.2 Å². The van der Waals surface area contributed by atoms with E-state index < -0.39 is 0 Å². The first-order valence-electron chi connectivity index (χ1n) is 6.33. The van der Waals surface area contributed by atoms with E-state index in [2.05, 4.69) is 5.32 Å². The molecule has 1 aliphatic heterocycles. The first-order chi connectivity index (χ1) is 8.81. The highest BCUT2D eigenvalue weighted by Gasteiger charge is 2.22. The van der Waals surface area contributed by atoms with E-state index in [-0.39, 0.29) is 6.04 Å². The number of aromatic hydroxyl groups is 1. The number of fused-ring (bicyclic) bond motifs is 1. The van der Waals surface area contributed by atoms with Crippen LogP contribution in [-0.2, 0) is 0 Å². The molecule has 0 spiro atoms. The van der Waals surface area contributed by atoms with Gasteiger partial charge in [-0.1, -0.05) is 24.3 Å². The van der Waals surface area contributed by atoms with Crippen molar-refractivity contribution in [2.75, 3.05) is 13.7 Å². The topological polar surface area (TPSA) is 41.5 Å². The summed E-state index contributed by atoms with van der Waals surface area (Å²) in [6.45, 7) is 1.01. The molecule has 0 aromatic heterocycles. The van der Waals surface area contributed by atoms with Gasteiger partial charge in [-0.2, -0.15) is 0 Å². The van der Waals surface area contributed by atoms with E-state index in [1.807, 2.05) is 30.3 Å². The maximum Gasteiger partial charge on any atom is 0.128 e. The lowest BCUT2D eigenvalue weighted by atomic mass is 9.98. The maximum atomic E-state index is 10.4. The van der Waals surface area contributed by atoms with Crippen LogP contribution in [0.5, 0.6) is 11.5 Å². The lowest BCUT2D eigenvalue weighted by molar-refractivity contribution is 0.415. The molecule has 2 N–H and O–H groups in total. The Labute approximate surface area is 106 Å². The Bertz CT molecular complexity index is 574. The molecule has 2 aromatic carbocycles. The molecule has 94 valence electrons. The fourth-order valence-corrected chi connectivity index (χ4v) is 2.73. The molecular formula is C15H17NO2. The lowest BCUT2D eigenvalue weighted by Gasteiger charge is -2.16. The third-order valence-corrected chi connectivity index (χ3v) is 3.66. The van der Waals surface area contributed by atoms with Gasteiger partial charge in [0.15, 0.2) is 0 Å². The molecule has 1 unspecified atom stereocenters. The zero-order valence-corrected chi connectivity index (χ0v) is 10.4. The van der Waals surface area contributed by atoms with Crippen molar-refractivity contribution >= 4 is 10.8 Å². The highest BCUT2D eigenvalue weighted by Crippen LogP contribution is 2.40. The molecule has 3 nitrogen and oxygen atoms in total. The summed E-state index contributed by atoms with van der Waals surface area (Å²) >= 11 is 0. The van der Waals surface area contributed by atoms with Crippen LogP contribution in [0.25, 0.3) is 10.8 Å². The largest absolute Gasteiger partial charge is 0.507 e. The fourth-order valence-electron chi connectivity index (χ4n) is 2.73. The molecule has 0 aliphatic carbocycles. The first kappa shape index (κ1) is 11.4. The summed E-state index contributed by atoms with van der Waals surface area (Å²) in [6, 6.07) is 10.0. The number of phenolic OH excluding ortho intramolecular Hbond substituents is 1. The average Bonchev–Trinajstić information content (AvgIpc) is 2.93. The van der Waals surface area contributed by atoms with Crippen molar-refractivity contribution in [3.05, 3.63) is 35.9 Å². The van der Waals surface area contributed by atoms with Crippen molar-refractivity contribution in [1.29, 1.82) is 0 Å². The number of ether oxygens (including phenoxy) is 1. The fraction of sp³-hybridized carbons (Fsp3) is 0.333. The number of methoxy groups -OCH3 is 1. The van der Waals surface area contributed by atoms with Crippen LogP contribution in [0.1, 0.15) is 24.4 Å². The summed E-state index contributed by atoms with van der Waals surface area (Å²) in [4.78, 5) is 0. The van der Waals surface area contributed by atoms with Crippen molar-refractivity contribution < 1.29 is 9.84 Å². The smallest absolute Gasteiger partial charge is 0.128 e. The molecule has 0 bridgehead atoms. The average molecular weight is 243 g/mol. The molecule has 0 radical (unpaired) electrons. The van der Waals surface area contributed by atoms with Gasteiger partial charge in [0.05, 0.1) is 7.11 Å². The number of benzene rings is 2. The van der Waals surface area contributed by atoms with Crippen LogP contribution in [-0.4, -0.2) is 18.8 Å². The third-order valence-electron chi connectivity index (χ3n) is 3.66. The van der Waals surface area contributed by atoms with Crippen LogP contribution in [0, 0.1) is 0 Å². The Morgan fingerprint density at radius 1 is 1.28 bits per heavy atom. The van der Waals surface area contributed by atoms with E-state index in [4.69, 9.17) is 4.74 Å². The Hall–Kier alpha value is -1.74. The minimum atomic E-state index is 0.239. The zero-order chi connectivity index (χ0) is 12.5. The second-order valence-corrected chi connectivity index (χ2v) is 4.71.